The van der Waals surface area contributed by atoms with E-state index in [4.69, 9.17) is 18.9 Å². The van der Waals surface area contributed by atoms with Crippen LogP contribution < -0.4 is 0 Å². The molecule has 0 radical (unpaired) electrons. The standard InChI is InChI=1S/C32H42O8/c1-5-37-29(33)25-19-17-23(21-27(25)31(35)39-7-3)15-13-11-9-10-12-14-16-24-18-20-26(30(34)38-6-2)28(22-24)32(36)40-8-4/h17-22H,5-16H2,1-4H3. The summed E-state index contributed by atoms with van der Waals surface area (Å²) >= 11 is 0. The first-order valence-corrected chi connectivity index (χ1v) is 14.3. The van der Waals surface area contributed by atoms with Crippen LogP contribution in [0, 0.1) is 0 Å². The van der Waals surface area contributed by atoms with E-state index in [9.17, 15) is 19.2 Å². The van der Waals surface area contributed by atoms with Gasteiger partial charge < -0.3 is 18.9 Å². The van der Waals surface area contributed by atoms with Crippen LogP contribution in [-0.4, -0.2) is 50.3 Å². The summed E-state index contributed by atoms with van der Waals surface area (Å²) in [6.07, 6.45) is 7.82. The van der Waals surface area contributed by atoms with Gasteiger partial charge in [-0.1, -0.05) is 37.8 Å². The normalized spacial score (nSPS) is 10.6. The van der Waals surface area contributed by atoms with Crippen molar-refractivity contribution in [1.82, 2.24) is 0 Å². The van der Waals surface area contributed by atoms with E-state index in [0.717, 1.165) is 62.5 Å². The molecule has 0 N–H and O–H groups in total. The average Bonchev–Trinajstić information content (AvgIpc) is 2.94. The Morgan fingerprint density at radius 1 is 0.450 bits per heavy atom. The Balaban J connectivity index is 1.82. The van der Waals surface area contributed by atoms with E-state index in [-0.39, 0.29) is 48.7 Å². The molecule has 0 unspecified atom stereocenters. The van der Waals surface area contributed by atoms with Gasteiger partial charge in [0.25, 0.3) is 0 Å². The highest BCUT2D eigenvalue weighted by atomic mass is 16.5. The molecule has 2 rings (SSSR count). The predicted molar refractivity (Wildman–Crippen MR) is 152 cm³/mol. The lowest BCUT2D eigenvalue weighted by atomic mass is 9.98. The Morgan fingerprint density at radius 2 is 0.750 bits per heavy atom. The number of carbonyl (C=O) groups is 4. The molecule has 0 bridgehead atoms. The minimum atomic E-state index is -0.524. The smallest absolute Gasteiger partial charge is 0.339 e. The van der Waals surface area contributed by atoms with Gasteiger partial charge in [-0.15, -0.1) is 0 Å². The third-order valence-electron chi connectivity index (χ3n) is 6.33. The van der Waals surface area contributed by atoms with E-state index in [0.29, 0.717) is 0 Å². The molecular formula is C32H42O8. The third kappa shape index (κ3) is 10.1. The molecule has 40 heavy (non-hydrogen) atoms. The largest absolute Gasteiger partial charge is 0.462 e. The Bertz CT molecular complexity index is 1050. The van der Waals surface area contributed by atoms with Crippen molar-refractivity contribution in [2.45, 2.75) is 79.1 Å². The first-order valence-electron chi connectivity index (χ1n) is 14.3. The summed E-state index contributed by atoms with van der Waals surface area (Å²) in [7, 11) is 0. The zero-order chi connectivity index (χ0) is 29.3. The fourth-order valence-corrected chi connectivity index (χ4v) is 4.39. The predicted octanol–water partition coefficient (Wildman–Crippen LogP) is 6.52. The Kier molecular flexibility index (Phi) is 14.5. The summed E-state index contributed by atoms with van der Waals surface area (Å²) in [5.41, 5.74) is 2.93. The summed E-state index contributed by atoms with van der Waals surface area (Å²) < 4.78 is 20.4. The van der Waals surface area contributed by atoms with Gasteiger partial charge in [0, 0.05) is 0 Å². The number of rotatable bonds is 17. The molecule has 8 heteroatoms. The highest BCUT2D eigenvalue weighted by molar-refractivity contribution is 6.04. The molecule has 0 fully saturated rings. The molecule has 0 aliphatic heterocycles. The zero-order valence-electron chi connectivity index (χ0n) is 24.2. The maximum atomic E-state index is 12.4. The number of esters is 4. The van der Waals surface area contributed by atoms with Crippen molar-refractivity contribution in [3.05, 3.63) is 69.8 Å². The van der Waals surface area contributed by atoms with Crippen LogP contribution in [0.15, 0.2) is 36.4 Å². The van der Waals surface area contributed by atoms with Gasteiger partial charge in [0.05, 0.1) is 48.7 Å². The van der Waals surface area contributed by atoms with Crippen LogP contribution in [0.2, 0.25) is 0 Å². The Morgan fingerprint density at radius 3 is 1.07 bits per heavy atom. The lowest BCUT2D eigenvalue weighted by Crippen LogP contribution is -2.14. The van der Waals surface area contributed by atoms with Crippen LogP contribution in [0.1, 0.15) is 119 Å². The first-order chi connectivity index (χ1) is 19.4. The van der Waals surface area contributed by atoms with Gasteiger partial charge in [-0.3, -0.25) is 0 Å². The summed E-state index contributed by atoms with van der Waals surface area (Å²) in [5, 5.41) is 0. The second-order valence-corrected chi connectivity index (χ2v) is 9.26. The van der Waals surface area contributed by atoms with E-state index in [1.54, 1.807) is 52.0 Å². The van der Waals surface area contributed by atoms with Gasteiger partial charge in [0.2, 0.25) is 0 Å². The number of hydrogen-bond donors (Lipinski definition) is 0. The lowest BCUT2D eigenvalue weighted by Gasteiger charge is -2.11. The lowest BCUT2D eigenvalue weighted by molar-refractivity contribution is 0.0479. The van der Waals surface area contributed by atoms with Crippen molar-refractivity contribution >= 4 is 23.9 Å². The van der Waals surface area contributed by atoms with Crippen molar-refractivity contribution in [3.63, 3.8) is 0 Å². The topological polar surface area (TPSA) is 105 Å². The SMILES string of the molecule is CCOC(=O)c1ccc(CCCCCCCCc2ccc(C(=O)OCC)c(C(=O)OCC)c2)cc1C(=O)OCC. The molecule has 8 nitrogen and oxygen atoms in total. The quantitative estimate of drug-likeness (QED) is 0.124. The maximum absolute atomic E-state index is 12.4. The fraction of sp³-hybridized carbons (Fsp3) is 0.500. The van der Waals surface area contributed by atoms with Gasteiger partial charge in [0.1, 0.15) is 0 Å². The van der Waals surface area contributed by atoms with Gasteiger partial charge in [-0.05, 0) is 88.8 Å². The number of carbonyl (C=O) groups excluding carboxylic acids is 4. The molecule has 0 aliphatic rings. The molecule has 0 spiro atoms. The Labute approximate surface area is 237 Å². The highest BCUT2D eigenvalue weighted by Crippen LogP contribution is 2.20. The number of aryl methyl sites for hydroxylation is 2. The number of hydrogen-bond acceptors (Lipinski definition) is 8. The molecule has 0 saturated heterocycles. The third-order valence-corrected chi connectivity index (χ3v) is 6.33. The van der Waals surface area contributed by atoms with E-state index < -0.39 is 23.9 Å². The number of ether oxygens (including phenoxy) is 4. The highest BCUT2D eigenvalue weighted by Gasteiger charge is 2.21. The van der Waals surface area contributed by atoms with Crippen LogP contribution >= 0.6 is 0 Å². The van der Waals surface area contributed by atoms with Crippen molar-refractivity contribution < 1.29 is 38.1 Å². The minimum Gasteiger partial charge on any atom is -0.462 e. The number of benzene rings is 2. The Hall–Kier alpha value is -3.68. The molecule has 218 valence electrons. The van der Waals surface area contributed by atoms with Crippen molar-refractivity contribution in [2.24, 2.45) is 0 Å². The van der Waals surface area contributed by atoms with Crippen LogP contribution in [0.25, 0.3) is 0 Å². The van der Waals surface area contributed by atoms with Gasteiger partial charge in [-0.25, -0.2) is 19.2 Å². The molecule has 2 aromatic rings. The first kappa shape index (κ1) is 32.5. The van der Waals surface area contributed by atoms with Crippen LogP contribution in [0.5, 0.6) is 0 Å². The summed E-state index contributed by atoms with van der Waals surface area (Å²) in [4.78, 5) is 49.2. The van der Waals surface area contributed by atoms with Gasteiger partial charge >= 0.3 is 23.9 Å². The fourth-order valence-electron chi connectivity index (χ4n) is 4.39. The monoisotopic (exact) mass is 554 g/mol. The molecule has 0 heterocycles. The molecule has 0 atom stereocenters. The van der Waals surface area contributed by atoms with Gasteiger partial charge in [-0.2, -0.15) is 0 Å². The minimum absolute atomic E-state index is 0.231. The summed E-state index contributed by atoms with van der Waals surface area (Å²) in [6.45, 7) is 7.85. The van der Waals surface area contributed by atoms with Crippen LogP contribution in [-0.2, 0) is 31.8 Å². The van der Waals surface area contributed by atoms with Crippen molar-refractivity contribution in [3.8, 4) is 0 Å². The second kappa shape index (κ2) is 17.8. The molecule has 0 aliphatic carbocycles. The van der Waals surface area contributed by atoms with Gasteiger partial charge in [0.15, 0.2) is 0 Å². The zero-order valence-corrected chi connectivity index (χ0v) is 24.2. The second-order valence-electron chi connectivity index (χ2n) is 9.26. The molecule has 2 aromatic carbocycles. The van der Waals surface area contributed by atoms with E-state index in [1.807, 2.05) is 12.1 Å². The summed E-state index contributed by atoms with van der Waals surface area (Å²) in [5.74, 6) is -2.08. The van der Waals surface area contributed by atoms with Crippen molar-refractivity contribution in [1.29, 1.82) is 0 Å². The molecular weight excluding hydrogens is 512 g/mol. The molecule has 0 aromatic heterocycles. The van der Waals surface area contributed by atoms with Crippen LogP contribution in [0.4, 0.5) is 0 Å². The molecule has 0 saturated carbocycles. The van der Waals surface area contributed by atoms with E-state index in [2.05, 4.69) is 0 Å². The van der Waals surface area contributed by atoms with E-state index in [1.165, 1.54) is 0 Å². The maximum Gasteiger partial charge on any atom is 0.339 e. The van der Waals surface area contributed by atoms with E-state index >= 15 is 0 Å². The summed E-state index contributed by atoms with van der Waals surface area (Å²) in [6, 6.07) is 10.5. The van der Waals surface area contributed by atoms with Crippen molar-refractivity contribution in [2.75, 3.05) is 26.4 Å². The number of unbranched alkanes of at least 4 members (excludes halogenated alkanes) is 5. The van der Waals surface area contributed by atoms with Crippen LogP contribution in [0.3, 0.4) is 0 Å². The molecule has 0 amide bonds. The average molecular weight is 555 g/mol.